The third-order valence-electron chi connectivity index (χ3n) is 6.79. The van der Waals surface area contributed by atoms with Gasteiger partial charge in [0.05, 0.1) is 30.4 Å². The molecule has 0 bridgehead atoms. The quantitative estimate of drug-likeness (QED) is 0.236. The number of methoxy groups -OCH3 is 1. The van der Waals surface area contributed by atoms with Gasteiger partial charge in [-0.3, -0.25) is 19.3 Å². The summed E-state index contributed by atoms with van der Waals surface area (Å²) < 4.78 is 48.4. The zero-order valence-electron chi connectivity index (χ0n) is 26.1. The maximum atomic E-state index is 14.0. The van der Waals surface area contributed by atoms with Gasteiger partial charge in [0.2, 0.25) is 18.0 Å². The van der Waals surface area contributed by atoms with Gasteiger partial charge < -0.3 is 20.3 Å². The van der Waals surface area contributed by atoms with Crippen molar-refractivity contribution in [2.24, 2.45) is 16.6 Å². The lowest BCUT2D eigenvalue weighted by Gasteiger charge is -2.25. The number of carbonyl (C=O) groups excluding carboxylic acids is 3. The highest BCUT2D eigenvalue weighted by Crippen LogP contribution is 2.34. The van der Waals surface area contributed by atoms with Crippen LogP contribution in [0.3, 0.4) is 0 Å². The number of nitrogens with two attached hydrogens (primary N) is 1. The molecule has 250 valence electrons. The number of terminal acetylenes is 1. The molecule has 2 aromatic heterocycles. The van der Waals surface area contributed by atoms with Crippen molar-refractivity contribution in [3.05, 3.63) is 102 Å². The minimum atomic E-state index is -4.55. The standard InChI is InChI=1S/C28H26F3N5O4.C4H5NO.C2H2/c1-40-19-11-12-23(33-16-19)36-21-10-6-5-9-20(21)24(17-7-3-2-4-8-17)34-25(27(36)39)35-26(38)18(15-22(32)37)13-14-28(29,30)31;1-4-2-3-6-5-4;1-2/h2-12,16,18,25H,13-15H2,1H3,(H2,32,37)(H,35,38);2-3H,1H3;1-2H/t18-,25-;;/m1../s1. The molecule has 3 heterocycles. The van der Waals surface area contributed by atoms with Gasteiger partial charge in [-0.25, -0.2) is 9.98 Å². The molecule has 48 heavy (non-hydrogen) atoms. The molecule has 0 saturated carbocycles. The number of halogens is 3. The normalized spacial score (nSPS) is 14.4. The van der Waals surface area contributed by atoms with E-state index in [0.29, 0.717) is 28.3 Å². The smallest absolute Gasteiger partial charge is 0.389 e. The Morgan fingerprint density at radius 2 is 1.75 bits per heavy atom. The molecule has 0 radical (unpaired) electrons. The number of aromatic nitrogens is 2. The first kappa shape index (κ1) is 36.5. The van der Waals surface area contributed by atoms with E-state index >= 15 is 0 Å². The lowest BCUT2D eigenvalue weighted by Crippen LogP contribution is -2.48. The maximum absolute atomic E-state index is 14.0. The molecule has 0 saturated heterocycles. The van der Waals surface area contributed by atoms with Crippen LogP contribution in [0.1, 0.15) is 36.1 Å². The number of para-hydroxylation sites is 1. The summed E-state index contributed by atoms with van der Waals surface area (Å²) in [5.74, 6) is -3.37. The Kier molecular flexibility index (Phi) is 13.0. The van der Waals surface area contributed by atoms with E-state index in [2.05, 4.69) is 37.8 Å². The van der Waals surface area contributed by atoms with Crippen LogP contribution in [0.15, 0.2) is 94.8 Å². The van der Waals surface area contributed by atoms with Crippen LogP contribution in [-0.4, -0.2) is 53.0 Å². The van der Waals surface area contributed by atoms with Gasteiger partial charge in [0.25, 0.3) is 5.91 Å². The molecule has 14 heteroatoms. The molecule has 0 fully saturated rings. The number of hydrogen-bond acceptors (Lipinski definition) is 8. The Bertz CT molecular complexity index is 1710. The number of benzene rings is 2. The SMILES string of the molecule is C#C.COc1ccc(N2C(=O)[C@@H](NC(=O)[C@H](CCC(F)(F)F)CC(N)=O)N=C(c3ccccc3)c3ccccc32)nc1.Cc1ccon1. The van der Waals surface area contributed by atoms with Gasteiger partial charge in [-0.2, -0.15) is 13.2 Å². The van der Waals surface area contributed by atoms with Crippen LogP contribution in [0.25, 0.3) is 0 Å². The van der Waals surface area contributed by atoms with Crippen LogP contribution >= 0.6 is 0 Å². The zero-order valence-corrected chi connectivity index (χ0v) is 26.1. The summed E-state index contributed by atoms with van der Waals surface area (Å²) in [6.07, 6.45) is 2.26. The molecule has 3 amide bonds. The van der Waals surface area contributed by atoms with Crippen molar-refractivity contribution < 1.29 is 36.8 Å². The summed E-state index contributed by atoms with van der Waals surface area (Å²) in [5, 5.41) is 6.00. The predicted molar refractivity (Wildman–Crippen MR) is 172 cm³/mol. The van der Waals surface area contributed by atoms with Crippen molar-refractivity contribution >= 4 is 34.9 Å². The minimum absolute atomic E-state index is 0.202. The zero-order chi connectivity index (χ0) is 35.3. The maximum Gasteiger partial charge on any atom is 0.389 e. The summed E-state index contributed by atoms with van der Waals surface area (Å²) in [7, 11) is 1.47. The molecular weight excluding hydrogens is 629 g/mol. The Morgan fingerprint density at radius 1 is 1.06 bits per heavy atom. The number of amides is 3. The molecular formula is C34H33F3N6O5. The summed E-state index contributed by atoms with van der Waals surface area (Å²) in [6, 6.07) is 20.8. The van der Waals surface area contributed by atoms with Crippen molar-refractivity contribution in [2.75, 3.05) is 12.0 Å². The molecule has 5 rings (SSSR count). The second kappa shape index (κ2) is 17.1. The number of pyridine rings is 1. The summed E-state index contributed by atoms with van der Waals surface area (Å²) in [4.78, 5) is 49.0. The highest BCUT2D eigenvalue weighted by Gasteiger charge is 2.37. The van der Waals surface area contributed by atoms with Crippen molar-refractivity contribution in [3.63, 3.8) is 0 Å². The fourth-order valence-corrected chi connectivity index (χ4v) is 4.58. The van der Waals surface area contributed by atoms with Crippen molar-refractivity contribution in [2.45, 2.75) is 38.5 Å². The number of anilines is 2. The molecule has 2 aromatic carbocycles. The highest BCUT2D eigenvalue weighted by atomic mass is 19.4. The lowest BCUT2D eigenvalue weighted by atomic mass is 9.97. The van der Waals surface area contributed by atoms with Gasteiger partial charge >= 0.3 is 6.18 Å². The number of aryl methyl sites for hydroxylation is 1. The van der Waals surface area contributed by atoms with Gasteiger partial charge in [-0.05, 0) is 31.5 Å². The number of hydrogen-bond donors (Lipinski definition) is 2. The molecule has 3 N–H and O–H groups in total. The Hall–Kier alpha value is -5.97. The van der Waals surface area contributed by atoms with E-state index in [0.717, 1.165) is 5.69 Å². The van der Waals surface area contributed by atoms with Crippen LogP contribution in [-0.2, 0) is 14.4 Å². The van der Waals surface area contributed by atoms with E-state index < -0.39 is 55.2 Å². The third-order valence-corrected chi connectivity index (χ3v) is 6.79. The van der Waals surface area contributed by atoms with Gasteiger partial charge in [-0.15, -0.1) is 12.8 Å². The molecule has 0 unspecified atom stereocenters. The van der Waals surface area contributed by atoms with E-state index in [1.54, 1.807) is 79.1 Å². The minimum Gasteiger partial charge on any atom is -0.495 e. The van der Waals surface area contributed by atoms with Gasteiger partial charge in [-0.1, -0.05) is 53.7 Å². The molecule has 1 aliphatic rings. The van der Waals surface area contributed by atoms with Crippen molar-refractivity contribution in [3.8, 4) is 18.6 Å². The average molecular weight is 663 g/mol. The topological polar surface area (TPSA) is 153 Å². The van der Waals surface area contributed by atoms with Gasteiger partial charge in [0, 0.05) is 36.0 Å². The number of rotatable bonds is 9. The van der Waals surface area contributed by atoms with Crippen molar-refractivity contribution in [1.82, 2.24) is 15.5 Å². The fraction of sp³-hybridized carbons (Fsp3) is 0.235. The predicted octanol–water partition coefficient (Wildman–Crippen LogP) is 5.11. The molecule has 0 aliphatic carbocycles. The highest BCUT2D eigenvalue weighted by molar-refractivity contribution is 6.21. The van der Waals surface area contributed by atoms with E-state index in [9.17, 15) is 27.6 Å². The molecule has 11 nitrogen and oxygen atoms in total. The van der Waals surface area contributed by atoms with E-state index in [4.69, 9.17) is 10.5 Å². The number of benzodiazepines with no additional fused rings is 1. The van der Waals surface area contributed by atoms with E-state index in [-0.39, 0.29) is 5.82 Å². The summed E-state index contributed by atoms with van der Waals surface area (Å²) in [6.45, 7) is 1.88. The molecule has 4 aromatic rings. The number of nitrogens with zero attached hydrogens (tertiary/aromatic N) is 4. The number of ether oxygens (including phenoxy) is 1. The largest absolute Gasteiger partial charge is 0.495 e. The van der Waals surface area contributed by atoms with Crippen LogP contribution in [0.5, 0.6) is 5.75 Å². The fourth-order valence-electron chi connectivity index (χ4n) is 4.58. The molecule has 0 spiro atoms. The Labute approximate surface area is 275 Å². The van der Waals surface area contributed by atoms with Crippen LogP contribution in [0, 0.1) is 25.7 Å². The van der Waals surface area contributed by atoms with E-state index in [1.165, 1.54) is 18.2 Å². The number of nitrogens with one attached hydrogen (secondary N) is 1. The number of alkyl halides is 3. The monoisotopic (exact) mass is 662 g/mol. The Balaban J connectivity index is 0.000000692. The number of carbonyl (C=O) groups is 3. The first-order valence-electron chi connectivity index (χ1n) is 14.4. The second-order valence-corrected chi connectivity index (χ2v) is 10.2. The molecule has 1 aliphatic heterocycles. The average Bonchev–Trinajstić information content (AvgIpc) is 3.53. The first-order valence-corrected chi connectivity index (χ1v) is 14.4. The lowest BCUT2D eigenvalue weighted by molar-refractivity contribution is -0.143. The molecule has 2 atom stereocenters. The number of fused-ring (bicyclic) bond motifs is 1. The van der Waals surface area contributed by atoms with Crippen molar-refractivity contribution in [1.29, 1.82) is 0 Å². The van der Waals surface area contributed by atoms with Gasteiger partial charge in [0.15, 0.2) is 0 Å². The van der Waals surface area contributed by atoms with E-state index in [1.807, 2.05) is 6.92 Å². The Morgan fingerprint density at radius 3 is 2.29 bits per heavy atom. The third kappa shape index (κ3) is 10.0. The number of primary amides is 1. The first-order chi connectivity index (χ1) is 23.0. The summed E-state index contributed by atoms with van der Waals surface area (Å²) >= 11 is 0. The summed E-state index contributed by atoms with van der Waals surface area (Å²) in [5.41, 5.74) is 8.13. The van der Waals surface area contributed by atoms with Gasteiger partial charge in [0.1, 0.15) is 17.8 Å². The van der Waals surface area contributed by atoms with Crippen LogP contribution < -0.4 is 20.7 Å². The van der Waals surface area contributed by atoms with Crippen LogP contribution in [0.4, 0.5) is 24.7 Å². The van der Waals surface area contributed by atoms with Crippen LogP contribution in [0.2, 0.25) is 0 Å². The number of aliphatic imine (C=N–C) groups is 1. The second-order valence-electron chi connectivity index (χ2n) is 10.2.